The van der Waals surface area contributed by atoms with Crippen LogP contribution in [0.5, 0.6) is 11.5 Å². The number of hydrogen-bond donors (Lipinski definition) is 1. The fraction of sp³-hybridized carbons (Fsp3) is 0.576. The average molecular weight is 556 g/mol. The monoisotopic (exact) mass is 555 g/mol. The Hall–Kier alpha value is -3.06. The van der Waals surface area contributed by atoms with E-state index in [1.165, 1.54) is 62.5 Å². The Balaban J connectivity index is 1.60. The van der Waals surface area contributed by atoms with E-state index in [0.29, 0.717) is 6.54 Å². The van der Waals surface area contributed by atoms with Crippen molar-refractivity contribution in [1.82, 2.24) is 4.90 Å². The molecule has 7 nitrogen and oxygen atoms in total. The molecule has 0 heterocycles. The van der Waals surface area contributed by atoms with Gasteiger partial charge in [0, 0.05) is 6.54 Å². The van der Waals surface area contributed by atoms with E-state index in [0.717, 1.165) is 30.8 Å². The van der Waals surface area contributed by atoms with Gasteiger partial charge in [-0.2, -0.15) is 0 Å². The zero-order valence-corrected chi connectivity index (χ0v) is 24.7. The third-order valence-corrected chi connectivity index (χ3v) is 6.85. The summed E-state index contributed by atoms with van der Waals surface area (Å²) in [4.78, 5) is 24.7. The molecule has 0 aliphatic carbocycles. The van der Waals surface area contributed by atoms with Gasteiger partial charge in [0.15, 0.2) is 0 Å². The largest absolute Gasteiger partial charge is 0.497 e. The molecule has 0 aliphatic rings. The molecule has 0 amide bonds. The molecule has 0 spiro atoms. The molecule has 0 saturated carbocycles. The van der Waals surface area contributed by atoms with Crippen LogP contribution in [0.25, 0.3) is 0 Å². The van der Waals surface area contributed by atoms with E-state index in [1.807, 2.05) is 43.3 Å². The molecule has 0 radical (unpaired) electrons. The summed E-state index contributed by atoms with van der Waals surface area (Å²) in [5.74, 6) is 0.236. The molecule has 0 bridgehead atoms. The number of benzene rings is 2. The lowest BCUT2D eigenvalue weighted by molar-refractivity contribution is -0.153. The number of rotatable bonds is 22. The smallest absolute Gasteiger partial charge is 0.306 e. The molecule has 0 saturated heterocycles. The topological polar surface area (TPSA) is 85.3 Å². The van der Waals surface area contributed by atoms with E-state index in [9.17, 15) is 9.59 Å². The van der Waals surface area contributed by atoms with E-state index in [2.05, 4.69) is 24.3 Å². The normalized spacial score (nSPS) is 11.8. The first-order chi connectivity index (χ1) is 19.4. The number of carbonyl (C=O) groups excluding carboxylic acids is 1. The van der Waals surface area contributed by atoms with Gasteiger partial charge in [-0.3, -0.25) is 9.59 Å². The Morgan fingerprint density at radius 1 is 0.825 bits per heavy atom. The summed E-state index contributed by atoms with van der Waals surface area (Å²) in [6.07, 6.45) is 12.5. The quantitative estimate of drug-likeness (QED) is 0.128. The summed E-state index contributed by atoms with van der Waals surface area (Å²) < 4.78 is 16.9. The molecule has 1 N–H and O–H groups in total. The van der Waals surface area contributed by atoms with E-state index in [4.69, 9.17) is 19.3 Å². The van der Waals surface area contributed by atoms with E-state index >= 15 is 0 Å². The van der Waals surface area contributed by atoms with Crippen LogP contribution in [-0.4, -0.2) is 62.4 Å². The van der Waals surface area contributed by atoms with Crippen molar-refractivity contribution in [3.05, 3.63) is 59.7 Å². The number of methoxy groups -OCH3 is 1. The van der Waals surface area contributed by atoms with Crippen molar-refractivity contribution >= 4 is 11.9 Å². The van der Waals surface area contributed by atoms with Gasteiger partial charge in [0.1, 0.15) is 24.2 Å². The second-order valence-electron chi connectivity index (χ2n) is 10.7. The number of carboxylic acids is 1. The molecule has 1 unspecified atom stereocenters. The maximum absolute atomic E-state index is 12.0. The molecule has 0 aliphatic heterocycles. The molecule has 2 aromatic carbocycles. The van der Waals surface area contributed by atoms with Crippen LogP contribution in [-0.2, 0) is 27.2 Å². The molecular weight excluding hydrogens is 506 g/mol. The molecule has 40 heavy (non-hydrogen) atoms. The number of unbranched alkanes of at least 4 members (excludes halogenated alkanes) is 8. The molecule has 0 aromatic heterocycles. The first-order valence-corrected chi connectivity index (χ1v) is 14.8. The number of nitrogens with zero attached hydrogens (tertiary/aromatic N) is 1. The molecule has 1 atom stereocenters. The minimum atomic E-state index is -1.01. The van der Waals surface area contributed by atoms with Crippen LogP contribution >= 0.6 is 0 Å². The number of ether oxygens (including phenoxy) is 3. The highest BCUT2D eigenvalue weighted by atomic mass is 16.6. The Morgan fingerprint density at radius 3 is 2.12 bits per heavy atom. The fourth-order valence-electron chi connectivity index (χ4n) is 4.73. The number of aliphatic carboxylic acids is 1. The molecule has 7 heteroatoms. The summed E-state index contributed by atoms with van der Waals surface area (Å²) >= 11 is 0. The molecular formula is C33H49NO6. The third kappa shape index (κ3) is 14.9. The number of carboxylic acid groups (broad SMARTS) is 1. The van der Waals surface area contributed by atoms with Crippen molar-refractivity contribution < 1.29 is 28.9 Å². The van der Waals surface area contributed by atoms with Crippen molar-refractivity contribution in [1.29, 1.82) is 0 Å². The Kier molecular flexibility index (Phi) is 16.5. The summed E-state index contributed by atoms with van der Waals surface area (Å²) in [5.41, 5.74) is 2.52. The van der Waals surface area contributed by atoms with Crippen LogP contribution in [0, 0.1) is 0 Å². The van der Waals surface area contributed by atoms with Crippen LogP contribution in [0.15, 0.2) is 48.5 Å². The highest BCUT2D eigenvalue weighted by Crippen LogP contribution is 2.22. The number of aryl methyl sites for hydroxylation is 2. The van der Waals surface area contributed by atoms with Crippen LogP contribution in [0.2, 0.25) is 0 Å². The van der Waals surface area contributed by atoms with Gasteiger partial charge in [0.2, 0.25) is 0 Å². The summed E-state index contributed by atoms with van der Waals surface area (Å²) in [6, 6.07) is 16.4. The maximum atomic E-state index is 12.0. The SMILES string of the molecule is COc1cccc(CCCCCCCCCCCc2ccccc2OCC(CN(C)C)OC(=O)CCC(=O)O)c1. The van der Waals surface area contributed by atoms with Crippen molar-refractivity contribution in [3.63, 3.8) is 0 Å². The lowest BCUT2D eigenvalue weighted by atomic mass is 10.0. The predicted molar refractivity (Wildman–Crippen MR) is 159 cm³/mol. The lowest BCUT2D eigenvalue weighted by Crippen LogP contribution is -2.35. The Morgan fingerprint density at radius 2 is 1.48 bits per heavy atom. The minimum absolute atomic E-state index is 0.139. The fourth-order valence-corrected chi connectivity index (χ4v) is 4.73. The summed E-state index contributed by atoms with van der Waals surface area (Å²) in [7, 11) is 5.51. The average Bonchev–Trinajstić information content (AvgIpc) is 2.93. The van der Waals surface area contributed by atoms with Crippen LogP contribution in [0.4, 0.5) is 0 Å². The molecule has 2 aromatic rings. The lowest BCUT2D eigenvalue weighted by Gasteiger charge is -2.22. The number of carbonyl (C=O) groups is 2. The molecule has 2 rings (SSSR count). The van der Waals surface area contributed by atoms with Gasteiger partial charge in [-0.15, -0.1) is 0 Å². The van der Waals surface area contributed by atoms with Crippen molar-refractivity contribution in [2.45, 2.75) is 89.6 Å². The first-order valence-electron chi connectivity index (χ1n) is 14.8. The van der Waals surface area contributed by atoms with Crippen LogP contribution in [0.1, 0.15) is 81.8 Å². The van der Waals surface area contributed by atoms with E-state index in [-0.39, 0.29) is 19.4 Å². The van der Waals surface area contributed by atoms with Crippen molar-refractivity contribution in [2.75, 3.05) is 34.4 Å². The number of likely N-dealkylation sites (N-methyl/N-ethyl adjacent to an activating group) is 1. The maximum Gasteiger partial charge on any atom is 0.306 e. The highest BCUT2D eigenvalue weighted by molar-refractivity contribution is 5.76. The van der Waals surface area contributed by atoms with Gasteiger partial charge in [-0.05, 0) is 69.1 Å². The van der Waals surface area contributed by atoms with Gasteiger partial charge in [0.25, 0.3) is 0 Å². The van der Waals surface area contributed by atoms with Crippen LogP contribution in [0.3, 0.4) is 0 Å². The zero-order chi connectivity index (χ0) is 29.0. The summed E-state index contributed by atoms with van der Waals surface area (Å²) in [6.45, 7) is 0.733. The number of hydrogen-bond acceptors (Lipinski definition) is 6. The second-order valence-corrected chi connectivity index (χ2v) is 10.7. The third-order valence-electron chi connectivity index (χ3n) is 6.85. The Labute approximate surface area is 240 Å². The van der Waals surface area contributed by atoms with Gasteiger partial charge >= 0.3 is 11.9 Å². The highest BCUT2D eigenvalue weighted by Gasteiger charge is 2.18. The van der Waals surface area contributed by atoms with Crippen molar-refractivity contribution in [2.24, 2.45) is 0 Å². The number of para-hydroxylation sites is 1. The zero-order valence-electron chi connectivity index (χ0n) is 24.7. The van der Waals surface area contributed by atoms with Gasteiger partial charge < -0.3 is 24.2 Å². The van der Waals surface area contributed by atoms with E-state index < -0.39 is 18.0 Å². The summed E-state index contributed by atoms with van der Waals surface area (Å²) in [5, 5.41) is 8.80. The van der Waals surface area contributed by atoms with E-state index in [1.54, 1.807) is 7.11 Å². The predicted octanol–water partition coefficient (Wildman–Crippen LogP) is 6.71. The number of esters is 1. The molecule has 222 valence electrons. The minimum Gasteiger partial charge on any atom is -0.497 e. The molecule has 0 fully saturated rings. The first kappa shape index (κ1) is 33.1. The van der Waals surface area contributed by atoms with Crippen LogP contribution < -0.4 is 9.47 Å². The van der Waals surface area contributed by atoms with Gasteiger partial charge in [-0.25, -0.2) is 0 Å². The Bertz CT molecular complexity index is 992. The van der Waals surface area contributed by atoms with Gasteiger partial charge in [0.05, 0.1) is 20.0 Å². The standard InChI is InChI=1S/C33H49NO6/c1-34(2)25-30(40-33(37)23-22-32(35)36)26-39-31-21-14-13-19-28(31)18-12-10-8-6-4-5-7-9-11-16-27-17-15-20-29(24-27)38-3/h13-15,17,19-21,24,30H,4-12,16,18,22-23,25-26H2,1-3H3,(H,35,36). The van der Waals surface area contributed by atoms with Gasteiger partial charge in [-0.1, -0.05) is 75.3 Å². The van der Waals surface area contributed by atoms with Crippen molar-refractivity contribution in [3.8, 4) is 11.5 Å². The second kappa shape index (κ2) is 19.9.